The van der Waals surface area contributed by atoms with E-state index in [9.17, 15) is 4.79 Å². The number of primary amides is 1. The molecule has 0 radical (unpaired) electrons. The van der Waals surface area contributed by atoms with E-state index in [4.69, 9.17) is 10.9 Å². The van der Waals surface area contributed by atoms with E-state index >= 15 is 0 Å². The summed E-state index contributed by atoms with van der Waals surface area (Å²) in [7, 11) is 0. The fourth-order valence-corrected chi connectivity index (χ4v) is 2.76. The first-order valence-corrected chi connectivity index (χ1v) is 7.80. The molecule has 0 saturated heterocycles. The molecule has 2 aromatic rings. The summed E-state index contributed by atoms with van der Waals surface area (Å²) in [6.45, 7) is 0. The van der Waals surface area contributed by atoms with E-state index in [2.05, 4.69) is 17.3 Å². The lowest BCUT2D eigenvalue weighted by Crippen LogP contribution is -2.31. The van der Waals surface area contributed by atoms with E-state index in [0.29, 0.717) is 6.42 Å². The second-order valence-electron chi connectivity index (χ2n) is 5.61. The van der Waals surface area contributed by atoms with Crippen molar-refractivity contribution in [2.75, 3.05) is 0 Å². The largest absolute Gasteiger partial charge is 0.410 e. The number of benzene rings is 2. The van der Waals surface area contributed by atoms with Gasteiger partial charge in [0.05, 0.1) is 0 Å². The van der Waals surface area contributed by atoms with Gasteiger partial charge in [0.1, 0.15) is 5.71 Å². The summed E-state index contributed by atoms with van der Waals surface area (Å²) in [6.07, 6.45) is 3.20. The van der Waals surface area contributed by atoms with Crippen molar-refractivity contribution >= 4 is 11.6 Å². The molecule has 2 rings (SSSR count). The molecule has 0 aliphatic carbocycles. The fraction of sp³-hybridized carbons (Fsp3) is 0.263. The zero-order valence-electron chi connectivity index (χ0n) is 13.1. The molecule has 4 heteroatoms. The molecule has 0 fully saturated rings. The lowest BCUT2D eigenvalue weighted by molar-refractivity contribution is -0.112. The van der Waals surface area contributed by atoms with E-state index in [-0.39, 0.29) is 11.6 Å². The number of aryl methyl sites for hydroxylation is 1. The van der Waals surface area contributed by atoms with E-state index in [0.717, 1.165) is 24.8 Å². The van der Waals surface area contributed by atoms with E-state index in [1.165, 1.54) is 5.56 Å². The molecule has 3 N–H and O–H groups in total. The summed E-state index contributed by atoms with van der Waals surface area (Å²) < 4.78 is 0. The second kappa shape index (κ2) is 8.73. The molecule has 0 aliphatic heterocycles. The maximum Gasteiger partial charge on any atom is 0.266 e. The van der Waals surface area contributed by atoms with E-state index in [1.54, 1.807) is 0 Å². The van der Waals surface area contributed by atoms with Crippen LogP contribution in [-0.2, 0) is 17.6 Å². The maximum atomic E-state index is 11.5. The quantitative estimate of drug-likeness (QED) is 0.446. The number of carbonyl (C=O) groups excluding carboxylic acids is 1. The zero-order valence-corrected chi connectivity index (χ0v) is 13.1. The van der Waals surface area contributed by atoms with Crippen LogP contribution in [0.4, 0.5) is 0 Å². The van der Waals surface area contributed by atoms with Gasteiger partial charge in [-0.05, 0) is 36.8 Å². The van der Waals surface area contributed by atoms with Crippen LogP contribution < -0.4 is 5.73 Å². The molecule has 4 nitrogen and oxygen atoms in total. The normalized spacial score (nSPS) is 12.8. The topological polar surface area (TPSA) is 75.7 Å². The number of amides is 1. The molecule has 2 aromatic carbocycles. The summed E-state index contributed by atoms with van der Waals surface area (Å²) in [5.41, 5.74) is 7.77. The van der Waals surface area contributed by atoms with Gasteiger partial charge in [-0.3, -0.25) is 4.79 Å². The number of carbonyl (C=O) groups is 1. The Morgan fingerprint density at radius 1 is 1.00 bits per heavy atom. The van der Waals surface area contributed by atoms with Gasteiger partial charge in [-0.25, -0.2) is 0 Å². The van der Waals surface area contributed by atoms with E-state index < -0.39 is 5.91 Å². The molecule has 1 atom stereocenters. The molecule has 0 bridgehead atoms. The first-order chi connectivity index (χ1) is 11.2. The van der Waals surface area contributed by atoms with Gasteiger partial charge in [0.25, 0.3) is 5.91 Å². The Kier molecular flexibility index (Phi) is 6.36. The van der Waals surface area contributed by atoms with E-state index in [1.807, 2.05) is 48.5 Å². The number of rotatable bonds is 8. The first kappa shape index (κ1) is 16.7. The van der Waals surface area contributed by atoms with Crippen LogP contribution in [0.25, 0.3) is 0 Å². The van der Waals surface area contributed by atoms with Gasteiger partial charge >= 0.3 is 0 Å². The Balaban J connectivity index is 2.02. The van der Waals surface area contributed by atoms with Crippen molar-refractivity contribution in [3.05, 3.63) is 71.8 Å². The zero-order chi connectivity index (χ0) is 16.5. The predicted molar refractivity (Wildman–Crippen MR) is 91.4 cm³/mol. The predicted octanol–water partition coefficient (Wildman–Crippen LogP) is 3.18. The highest BCUT2D eigenvalue weighted by Gasteiger charge is 2.22. The maximum absolute atomic E-state index is 11.5. The number of nitrogens with zero attached hydrogens (tertiary/aromatic N) is 1. The van der Waals surface area contributed by atoms with Gasteiger partial charge in [0.15, 0.2) is 0 Å². The molecular formula is C19H22N2O2. The molecular weight excluding hydrogens is 288 g/mol. The van der Waals surface area contributed by atoms with Gasteiger partial charge in [-0.2, -0.15) is 0 Å². The monoisotopic (exact) mass is 310 g/mol. The van der Waals surface area contributed by atoms with Crippen molar-refractivity contribution < 1.29 is 10.0 Å². The molecule has 1 amide bonds. The van der Waals surface area contributed by atoms with Gasteiger partial charge in [-0.15, -0.1) is 0 Å². The number of hydrogen-bond acceptors (Lipinski definition) is 3. The first-order valence-electron chi connectivity index (χ1n) is 7.80. The van der Waals surface area contributed by atoms with Crippen molar-refractivity contribution in [1.82, 2.24) is 0 Å². The molecule has 23 heavy (non-hydrogen) atoms. The second-order valence-corrected chi connectivity index (χ2v) is 5.61. The standard InChI is InChI=1S/C19H22N2O2/c20-19(22)18(21-23)17(14-16-10-5-2-6-11-16)13-7-12-15-8-3-1-4-9-15/h1-6,8-11,17,23H,7,12-14H2,(H2,20,22). The highest BCUT2D eigenvalue weighted by atomic mass is 16.4. The van der Waals surface area contributed by atoms with Gasteiger partial charge in [0, 0.05) is 5.92 Å². The van der Waals surface area contributed by atoms with Crippen LogP contribution in [0.1, 0.15) is 24.0 Å². The van der Waals surface area contributed by atoms with Gasteiger partial charge in [0.2, 0.25) is 0 Å². The summed E-state index contributed by atoms with van der Waals surface area (Å²) in [6, 6.07) is 20.0. The van der Waals surface area contributed by atoms with Gasteiger partial charge in [-0.1, -0.05) is 65.8 Å². The average Bonchev–Trinajstić information content (AvgIpc) is 2.57. The Morgan fingerprint density at radius 2 is 1.57 bits per heavy atom. The van der Waals surface area contributed by atoms with Crippen molar-refractivity contribution in [2.24, 2.45) is 16.8 Å². The van der Waals surface area contributed by atoms with Gasteiger partial charge < -0.3 is 10.9 Å². The fourth-order valence-electron chi connectivity index (χ4n) is 2.76. The molecule has 0 spiro atoms. The minimum absolute atomic E-state index is 0.0573. The summed E-state index contributed by atoms with van der Waals surface area (Å²) in [4.78, 5) is 11.5. The van der Waals surface area contributed by atoms with Crippen LogP contribution in [0.2, 0.25) is 0 Å². The van der Waals surface area contributed by atoms with Crippen molar-refractivity contribution in [2.45, 2.75) is 25.7 Å². The number of oxime groups is 1. The smallest absolute Gasteiger partial charge is 0.266 e. The van der Waals surface area contributed by atoms with Crippen molar-refractivity contribution in [3.8, 4) is 0 Å². The SMILES string of the molecule is NC(=O)C(=NO)C(CCCc1ccccc1)Cc1ccccc1. The number of nitrogens with two attached hydrogens (primary N) is 1. The Bertz CT molecular complexity index is 639. The highest BCUT2D eigenvalue weighted by Crippen LogP contribution is 2.18. The van der Waals surface area contributed by atoms with Crippen LogP contribution in [0, 0.1) is 5.92 Å². The Labute approximate surface area is 136 Å². The van der Waals surface area contributed by atoms with Crippen LogP contribution in [0.3, 0.4) is 0 Å². The van der Waals surface area contributed by atoms with Crippen LogP contribution >= 0.6 is 0 Å². The third-order valence-corrected chi connectivity index (χ3v) is 3.93. The Hall–Kier alpha value is -2.62. The molecule has 120 valence electrons. The third-order valence-electron chi connectivity index (χ3n) is 3.93. The van der Waals surface area contributed by atoms with Crippen molar-refractivity contribution in [3.63, 3.8) is 0 Å². The highest BCUT2D eigenvalue weighted by molar-refractivity contribution is 6.38. The molecule has 0 aromatic heterocycles. The molecule has 1 unspecified atom stereocenters. The Morgan fingerprint density at radius 3 is 2.09 bits per heavy atom. The number of hydrogen-bond donors (Lipinski definition) is 2. The average molecular weight is 310 g/mol. The lowest BCUT2D eigenvalue weighted by Gasteiger charge is -2.16. The molecule has 0 aliphatic rings. The van der Waals surface area contributed by atoms with Crippen LogP contribution in [0.5, 0.6) is 0 Å². The molecule has 0 saturated carbocycles. The van der Waals surface area contributed by atoms with Crippen LogP contribution in [0.15, 0.2) is 65.8 Å². The molecule has 0 heterocycles. The van der Waals surface area contributed by atoms with Crippen LogP contribution in [-0.4, -0.2) is 16.8 Å². The lowest BCUT2D eigenvalue weighted by atomic mass is 9.89. The summed E-state index contributed by atoms with van der Waals surface area (Å²) >= 11 is 0. The summed E-state index contributed by atoms with van der Waals surface area (Å²) in [5.74, 6) is -0.836. The van der Waals surface area contributed by atoms with Crippen molar-refractivity contribution in [1.29, 1.82) is 0 Å². The summed E-state index contributed by atoms with van der Waals surface area (Å²) in [5, 5.41) is 12.3. The minimum atomic E-state index is -0.659. The third kappa shape index (κ3) is 5.25. The minimum Gasteiger partial charge on any atom is -0.410 e.